The maximum absolute atomic E-state index is 12.5. The van der Waals surface area contributed by atoms with Gasteiger partial charge in [0.2, 0.25) is 11.8 Å². The van der Waals surface area contributed by atoms with Crippen LogP contribution in [0.5, 0.6) is 0 Å². The van der Waals surface area contributed by atoms with Crippen LogP contribution in [0.3, 0.4) is 0 Å². The minimum atomic E-state index is -0.375. The Hall–Kier alpha value is -3.68. The first-order chi connectivity index (χ1) is 13.8. The number of benzene rings is 2. The highest BCUT2D eigenvalue weighted by molar-refractivity contribution is 5.93. The van der Waals surface area contributed by atoms with Gasteiger partial charge < -0.3 is 10.6 Å². The fraction of sp³-hybridized carbons (Fsp3) is 0.238. The summed E-state index contributed by atoms with van der Waals surface area (Å²) < 4.78 is 1.15. The van der Waals surface area contributed by atoms with E-state index < -0.39 is 0 Å². The first kappa shape index (κ1) is 20.1. The van der Waals surface area contributed by atoms with E-state index in [9.17, 15) is 19.2 Å². The zero-order chi connectivity index (χ0) is 21.0. The van der Waals surface area contributed by atoms with E-state index in [0.29, 0.717) is 22.1 Å². The third-order valence-electron chi connectivity index (χ3n) is 4.41. The lowest BCUT2D eigenvalue weighted by atomic mass is 10.2. The molecule has 1 aromatic heterocycles. The number of hydrogen-bond donors (Lipinski definition) is 3. The van der Waals surface area contributed by atoms with E-state index in [0.717, 1.165) is 4.68 Å². The predicted molar refractivity (Wildman–Crippen MR) is 112 cm³/mol. The molecule has 0 aliphatic rings. The maximum Gasteiger partial charge on any atom is 0.273 e. The second-order valence-electron chi connectivity index (χ2n) is 6.96. The Balaban J connectivity index is 1.63. The number of rotatable bonds is 6. The number of aromatic nitrogens is 2. The highest BCUT2D eigenvalue weighted by Crippen LogP contribution is 2.14. The van der Waals surface area contributed by atoms with Crippen LogP contribution >= 0.6 is 0 Å². The lowest BCUT2D eigenvalue weighted by Gasteiger charge is -2.10. The number of nitrogens with one attached hydrogen (secondary N) is 3. The Morgan fingerprint density at radius 1 is 0.931 bits per heavy atom. The third-order valence-corrected chi connectivity index (χ3v) is 4.41. The largest absolute Gasteiger partial charge is 0.326 e. The number of carbonyl (C=O) groups excluding carboxylic acids is 2. The van der Waals surface area contributed by atoms with Crippen molar-refractivity contribution in [1.29, 1.82) is 0 Å². The van der Waals surface area contributed by atoms with Crippen molar-refractivity contribution in [2.45, 2.75) is 26.8 Å². The predicted octanol–water partition coefficient (Wildman–Crippen LogP) is 2.31. The molecule has 0 atom stereocenters. The van der Waals surface area contributed by atoms with Crippen molar-refractivity contribution in [1.82, 2.24) is 9.78 Å². The average molecular weight is 394 g/mol. The summed E-state index contributed by atoms with van der Waals surface area (Å²) in [6.07, 6.45) is 0.0139. The molecule has 2 aromatic carbocycles. The summed E-state index contributed by atoms with van der Waals surface area (Å²) in [4.78, 5) is 48.4. The monoisotopic (exact) mass is 394 g/mol. The molecule has 0 spiro atoms. The molecule has 3 rings (SSSR count). The van der Waals surface area contributed by atoms with E-state index in [-0.39, 0.29) is 41.8 Å². The molecule has 1 heterocycles. The van der Waals surface area contributed by atoms with E-state index in [4.69, 9.17) is 0 Å². The van der Waals surface area contributed by atoms with Gasteiger partial charge in [-0.25, -0.2) is 4.68 Å². The number of hydrogen-bond acceptors (Lipinski definition) is 4. The van der Waals surface area contributed by atoms with Gasteiger partial charge in [0.1, 0.15) is 0 Å². The van der Waals surface area contributed by atoms with Gasteiger partial charge in [0.15, 0.2) is 0 Å². The second kappa shape index (κ2) is 8.55. The molecule has 150 valence electrons. The molecule has 2 amide bonds. The number of H-pyrrole nitrogens is 1. The topological polar surface area (TPSA) is 113 Å². The number of amides is 2. The summed E-state index contributed by atoms with van der Waals surface area (Å²) in [6, 6.07) is 13.3. The van der Waals surface area contributed by atoms with Gasteiger partial charge in [0, 0.05) is 23.7 Å². The van der Waals surface area contributed by atoms with Gasteiger partial charge in [0.05, 0.1) is 17.3 Å². The van der Waals surface area contributed by atoms with Crippen molar-refractivity contribution in [3.63, 3.8) is 0 Å². The van der Waals surface area contributed by atoms with Gasteiger partial charge in [0.25, 0.3) is 11.1 Å². The first-order valence-corrected chi connectivity index (χ1v) is 9.28. The Bertz CT molecular complexity index is 1160. The third kappa shape index (κ3) is 4.78. The molecule has 3 aromatic rings. The average Bonchev–Trinajstić information content (AvgIpc) is 2.71. The molecule has 29 heavy (non-hydrogen) atoms. The van der Waals surface area contributed by atoms with E-state index in [1.165, 1.54) is 0 Å². The van der Waals surface area contributed by atoms with Crippen molar-refractivity contribution < 1.29 is 9.59 Å². The van der Waals surface area contributed by atoms with Gasteiger partial charge in [-0.2, -0.15) is 0 Å². The standard InChI is InChI=1S/C21H22N4O4/c1-13(2)19(27)23-15-9-7-14(8-10-15)22-18(26)11-12-25-21(29)17-6-4-3-5-16(17)20(28)24-25/h3-10,13H,11-12H2,1-2H3,(H,22,26)(H,23,27)(H,24,28). The van der Waals surface area contributed by atoms with Crippen LogP contribution in [0.15, 0.2) is 58.1 Å². The molecule has 3 N–H and O–H groups in total. The first-order valence-electron chi connectivity index (χ1n) is 9.28. The normalized spacial score (nSPS) is 10.9. The minimum absolute atomic E-state index is 0.0139. The van der Waals surface area contributed by atoms with E-state index in [1.807, 2.05) is 0 Å². The summed E-state index contributed by atoms with van der Waals surface area (Å²) >= 11 is 0. The molecule has 0 unspecified atom stereocenters. The highest BCUT2D eigenvalue weighted by Gasteiger charge is 2.10. The Morgan fingerprint density at radius 2 is 1.52 bits per heavy atom. The molecule has 0 saturated heterocycles. The molecule has 0 aliphatic carbocycles. The maximum atomic E-state index is 12.5. The van der Waals surface area contributed by atoms with Gasteiger partial charge in [-0.3, -0.25) is 24.3 Å². The zero-order valence-corrected chi connectivity index (χ0v) is 16.2. The van der Waals surface area contributed by atoms with Crippen LogP contribution in [-0.2, 0) is 16.1 Å². The lowest BCUT2D eigenvalue weighted by molar-refractivity contribution is -0.119. The molecule has 8 heteroatoms. The fourth-order valence-electron chi connectivity index (χ4n) is 2.76. The van der Waals surface area contributed by atoms with Crippen molar-refractivity contribution in [2.75, 3.05) is 10.6 Å². The second-order valence-corrected chi connectivity index (χ2v) is 6.96. The Morgan fingerprint density at radius 3 is 2.14 bits per heavy atom. The Kier molecular flexibility index (Phi) is 5.92. The van der Waals surface area contributed by atoms with Crippen LogP contribution in [0.2, 0.25) is 0 Å². The van der Waals surface area contributed by atoms with Crippen LogP contribution in [0, 0.1) is 5.92 Å². The van der Waals surface area contributed by atoms with E-state index in [2.05, 4.69) is 15.7 Å². The summed E-state index contributed by atoms with van der Waals surface area (Å²) in [6.45, 7) is 3.66. The number of carbonyl (C=O) groups is 2. The molecular formula is C21H22N4O4. The number of nitrogens with zero attached hydrogens (tertiary/aromatic N) is 1. The van der Waals surface area contributed by atoms with Gasteiger partial charge in [-0.1, -0.05) is 26.0 Å². The van der Waals surface area contributed by atoms with Crippen LogP contribution < -0.4 is 21.8 Å². The van der Waals surface area contributed by atoms with Crippen LogP contribution in [-0.4, -0.2) is 21.6 Å². The number of anilines is 2. The van der Waals surface area contributed by atoms with Crippen molar-refractivity contribution in [3.05, 3.63) is 69.2 Å². The molecular weight excluding hydrogens is 372 g/mol. The van der Waals surface area contributed by atoms with Crippen molar-refractivity contribution in [3.8, 4) is 0 Å². The Labute approximate surface area is 166 Å². The van der Waals surface area contributed by atoms with Crippen LogP contribution in [0.4, 0.5) is 11.4 Å². The van der Waals surface area contributed by atoms with Gasteiger partial charge in [-0.05, 0) is 36.4 Å². The highest BCUT2D eigenvalue weighted by atomic mass is 16.2. The molecule has 0 aliphatic heterocycles. The summed E-state index contributed by atoms with van der Waals surface area (Å²) in [7, 11) is 0. The van der Waals surface area contributed by atoms with Crippen LogP contribution in [0.25, 0.3) is 10.8 Å². The minimum Gasteiger partial charge on any atom is -0.326 e. The number of fused-ring (bicyclic) bond motifs is 1. The van der Waals surface area contributed by atoms with Crippen molar-refractivity contribution in [2.24, 2.45) is 5.92 Å². The molecule has 0 bridgehead atoms. The van der Waals surface area contributed by atoms with Gasteiger partial charge in [-0.15, -0.1) is 0 Å². The molecule has 0 fully saturated rings. The summed E-state index contributed by atoms with van der Waals surface area (Å²) in [5.74, 6) is -0.513. The SMILES string of the molecule is CC(C)C(=O)Nc1ccc(NC(=O)CCn2[nH]c(=O)c3ccccc3c2=O)cc1. The van der Waals surface area contributed by atoms with E-state index >= 15 is 0 Å². The smallest absolute Gasteiger partial charge is 0.273 e. The van der Waals surface area contributed by atoms with Gasteiger partial charge >= 0.3 is 0 Å². The van der Waals surface area contributed by atoms with E-state index in [1.54, 1.807) is 62.4 Å². The zero-order valence-electron chi connectivity index (χ0n) is 16.2. The molecule has 8 nitrogen and oxygen atoms in total. The molecule has 0 radical (unpaired) electrons. The summed E-state index contributed by atoms with van der Waals surface area (Å²) in [5, 5.41) is 8.64. The number of aryl methyl sites for hydroxylation is 1. The van der Waals surface area contributed by atoms with Crippen molar-refractivity contribution >= 4 is 34.0 Å². The molecule has 0 saturated carbocycles. The summed E-state index contributed by atoms with van der Waals surface area (Å²) in [5.41, 5.74) is 0.483. The quantitative estimate of drug-likeness (QED) is 0.595. The van der Waals surface area contributed by atoms with Crippen LogP contribution in [0.1, 0.15) is 20.3 Å². The lowest BCUT2D eigenvalue weighted by Crippen LogP contribution is -2.31. The number of aromatic amines is 1. The fourth-order valence-corrected chi connectivity index (χ4v) is 2.76.